The number of amides is 1. The van der Waals surface area contributed by atoms with Crippen LogP contribution in [0, 0.1) is 5.41 Å². The molecule has 1 aromatic carbocycles. The van der Waals surface area contributed by atoms with Crippen molar-refractivity contribution in [3.63, 3.8) is 0 Å². The summed E-state index contributed by atoms with van der Waals surface area (Å²) in [6, 6.07) is 7.26. The first-order chi connectivity index (χ1) is 13.5. The van der Waals surface area contributed by atoms with Gasteiger partial charge in [-0.15, -0.1) is 0 Å². The fraction of sp³-hybridized carbons (Fsp3) is 0.571. The molecular formula is C21H28N4O3. The van der Waals surface area contributed by atoms with Crippen LogP contribution in [0.1, 0.15) is 25.7 Å². The van der Waals surface area contributed by atoms with Gasteiger partial charge in [0.1, 0.15) is 0 Å². The van der Waals surface area contributed by atoms with Gasteiger partial charge in [-0.05, 0) is 43.9 Å². The number of rotatable bonds is 3. The zero-order chi connectivity index (χ0) is 19.7. The molecule has 2 fully saturated rings. The highest BCUT2D eigenvalue weighted by Crippen LogP contribution is 2.39. The monoisotopic (exact) mass is 384 g/mol. The van der Waals surface area contributed by atoms with Crippen molar-refractivity contribution < 1.29 is 9.90 Å². The molecule has 1 unspecified atom stereocenters. The smallest absolute Gasteiger partial charge is 0.261 e. The number of hydrogen-bond acceptors (Lipinski definition) is 5. The molecule has 1 spiro atoms. The van der Waals surface area contributed by atoms with Gasteiger partial charge in [0.05, 0.1) is 23.3 Å². The average molecular weight is 384 g/mol. The van der Waals surface area contributed by atoms with Crippen LogP contribution in [0.3, 0.4) is 0 Å². The normalized spacial score (nSPS) is 22.6. The number of nitrogens with zero attached hydrogens (tertiary/aromatic N) is 4. The second kappa shape index (κ2) is 7.64. The van der Waals surface area contributed by atoms with Crippen LogP contribution in [-0.4, -0.2) is 69.7 Å². The van der Waals surface area contributed by atoms with Crippen LogP contribution in [-0.2, 0) is 11.3 Å². The molecular weight excluding hydrogens is 356 g/mol. The van der Waals surface area contributed by atoms with E-state index in [4.69, 9.17) is 0 Å². The molecule has 1 N–H and O–H groups in total. The summed E-state index contributed by atoms with van der Waals surface area (Å²) in [4.78, 5) is 33.6. The van der Waals surface area contributed by atoms with E-state index in [-0.39, 0.29) is 23.0 Å². The number of carbonyl (C=O) groups is 1. The Morgan fingerprint density at radius 3 is 2.79 bits per heavy atom. The minimum atomic E-state index is -0.270. The quantitative estimate of drug-likeness (QED) is 0.857. The fourth-order valence-corrected chi connectivity index (χ4v) is 4.86. The van der Waals surface area contributed by atoms with Gasteiger partial charge in [0, 0.05) is 39.1 Å². The molecule has 3 heterocycles. The first-order valence-electron chi connectivity index (χ1n) is 10.0. The lowest BCUT2D eigenvalue weighted by molar-refractivity contribution is -0.135. The maximum atomic E-state index is 12.7. The van der Waals surface area contributed by atoms with E-state index in [9.17, 15) is 14.7 Å². The standard InChI is InChI=1S/C21H28N4O3/c1-23-13-16(26)12-21(14-23)7-10-24(11-8-21)19(27)6-9-25-15-22-18-5-3-2-4-17(18)20(25)28/h2-5,15-16,26H,6-14H2,1H3. The molecule has 7 nitrogen and oxygen atoms in total. The Morgan fingerprint density at radius 1 is 1.29 bits per heavy atom. The van der Waals surface area contributed by atoms with Crippen LogP contribution >= 0.6 is 0 Å². The number of piperidine rings is 2. The van der Waals surface area contributed by atoms with Gasteiger partial charge < -0.3 is 14.9 Å². The molecule has 4 rings (SSSR count). The van der Waals surface area contributed by atoms with Gasteiger partial charge in [-0.1, -0.05) is 12.1 Å². The Balaban J connectivity index is 1.35. The minimum Gasteiger partial charge on any atom is -0.392 e. The Morgan fingerprint density at radius 2 is 2.04 bits per heavy atom. The number of fused-ring (bicyclic) bond motifs is 1. The number of aryl methyl sites for hydroxylation is 1. The lowest BCUT2D eigenvalue weighted by Crippen LogP contribution is -2.53. The highest BCUT2D eigenvalue weighted by Gasteiger charge is 2.41. The summed E-state index contributed by atoms with van der Waals surface area (Å²) in [5.74, 6) is 0.0830. The highest BCUT2D eigenvalue weighted by atomic mass is 16.3. The Kier molecular flexibility index (Phi) is 5.21. The number of aliphatic hydroxyl groups excluding tert-OH is 1. The number of carbonyl (C=O) groups excluding carboxylic acids is 1. The third kappa shape index (κ3) is 3.82. The molecule has 2 aliphatic heterocycles. The van der Waals surface area contributed by atoms with Gasteiger partial charge in [0.25, 0.3) is 5.56 Å². The molecule has 1 atom stereocenters. The van der Waals surface area contributed by atoms with Crippen molar-refractivity contribution in [1.29, 1.82) is 0 Å². The molecule has 2 aliphatic rings. The first kappa shape index (κ1) is 19.1. The molecule has 0 aliphatic carbocycles. The van der Waals surface area contributed by atoms with E-state index in [1.807, 2.05) is 23.1 Å². The second-order valence-corrected chi connectivity index (χ2v) is 8.45. The summed E-state index contributed by atoms with van der Waals surface area (Å²) in [7, 11) is 2.05. The van der Waals surface area contributed by atoms with Gasteiger partial charge >= 0.3 is 0 Å². The van der Waals surface area contributed by atoms with Gasteiger partial charge in [-0.25, -0.2) is 4.98 Å². The van der Waals surface area contributed by atoms with Crippen molar-refractivity contribution in [2.45, 2.75) is 38.3 Å². The van der Waals surface area contributed by atoms with E-state index < -0.39 is 0 Å². The number of benzene rings is 1. The molecule has 7 heteroatoms. The maximum absolute atomic E-state index is 12.7. The van der Waals surface area contributed by atoms with E-state index in [0.717, 1.165) is 45.4 Å². The lowest BCUT2D eigenvalue weighted by Gasteiger charge is -2.48. The van der Waals surface area contributed by atoms with E-state index in [0.29, 0.717) is 23.9 Å². The topological polar surface area (TPSA) is 78.7 Å². The Bertz CT molecular complexity index is 905. The van der Waals surface area contributed by atoms with E-state index >= 15 is 0 Å². The van der Waals surface area contributed by atoms with E-state index in [2.05, 4.69) is 16.9 Å². The summed E-state index contributed by atoms with van der Waals surface area (Å²) < 4.78 is 1.53. The largest absolute Gasteiger partial charge is 0.392 e. The van der Waals surface area contributed by atoms with E-state index in [1.165, 1.54) is 10.9 Å². The molecule has 1 aromatic heterocycles. The molecule has 0 saturated carbocycles. The van der Waals surface area contributed by atoms with Crippen molar-refractivity contribution in [3.8, 4) is 0 Å². The van der Waals surface area contributed by atoms with Gasteiger partial charge in [-0.2, -0.15) is 0 Å². The van der Waals surface area contributed by atoms with E-state index in [1.54, 1.807) is 6.07 Å². The minimum absolute atomic E-state index is 0.0830. The third-order valence-corrected chi connectivity index (χ3v) is 6.27. The summed E-state index contributed by atoms with van der Waals surface area (Å²) in [6.07, 6.45) is 4.25. The van der Waals surface area contributed by atoms with Crippen LogP contribution in [0.15, 0.2) is 35.4 Å². The zero-order valence-corrected chi connectivity index (χ0v) is 16.4. The molecule has 150 valence electrons. The molecule has 2 aromatic rings. The summed E-state index contributed by atoms with van der Waals surface area (Å²) in [6.45, 7) is 3.52. The summed E-state index contributed by atoms with van der Waals surface area (Å²) >= 11 is 0. The van der Waals surface area contributed by atoms with Crippen LogP contribution in [0.4, 0.5) is 0 Å². The molecule has 28 heavy (non-hydrogen) atoms. The van der Waals surface area contributed by atoms with Crippen molar-refractivity contribution in [2.24, 2.45) is 5.41 Å². The van der Waals surface area contributed by atoms with Gasteiger partial charge in [-0.3, -0.25) is 14.2 Å². The fourth-order valence-electron chi connectivity index (χ4n) is 4.86. The highest BCUT2D eigenvalue weighted by molar-refractivity contribution is 5.77. The van der Waals surface area contributed by atoms with Crippen molar-refractivity contribution in [1.82, 2.24) is 19.4 Å². The summed E-state index contributed by atoms with van der Waals surface area (Å²) in [5, 5.41) is 10.7. The number of likely N-dealkylation sites (tertiary alicyclic amines) is 2. The molecule has 2 saturated heterocycles. The second-order valence-electron chi connectivity index (χ2n) is 8.45. The summed E-state index contributed by atoms with van der Waals surface area (Å²) in [5.41, 5.74) is 0.703. The zero-order valence-electron chi connectivity index (χ0n) is 16.4. The van der Waals surface area contributed by atoms with Crippen LogP contribution in [0.5, 0.6) is 0 Å². The first-order valence-corrected chi connectivity index (χ1v) is 10.0. The maximum Gasteiger partial charge on any atom is 0.261 e. The number of hydrogen-bond donors (Lipinski definition) is 1. The average Bonchev–Trinajstić information content (AvgIpc) is 2.67. The van der Waals surface area contributed by atoms with Crippen LogP contribution in [0.2, 0.25) is 0 Å². The molecule has 0 bridgehead atoms. The Hall–Kier alpha value is -2.25. The predicted molar refractivity (Wildman–Crippen MR) is 107 cm³/mol. The van der Waals surface area contributed by atoms with Crippen molar-refractivity contribution >= 4 is 16.8 Å². The number of aliphatic hydroxyl groups is 1. The Labute approximate surface area is 164 Å². The van der Waals surface area contributed by atoms with Crippen molar-refractivity contribution in [2.75, 3.05) is 33.2 Å². The van der Waals surface area contributed by atoms with Gasteiger partial charge in [0.2, 0.25) is 5.91 Å². The third-order valence-electron chi connectivity index (χ3n) is 6.27. The number of β-amino-alcohol motifs (C(OH)–C–C–N with tert-alkyl or cyclic N) is 1. The number of aromatic nitrogens is 2. The molecule has 1 amide bonds. The lowest BCUT2D eigenvalue weighted by atomic mass is 9.71. The SMILES string of the molecule is CN1CC(O)CC2(CCN(C(=O)CCn3cnc4ccccc4c3=O)CC2)C1. The number of likely N-dealkylation sites (N-methyl/N-ethyl adjacent to an activating group) is 1. The van der Waals surface area contributed by atoms with Crippen molar-refractivity contribution in [3.05, 3.63) is 40.9 Å². The predicted octanol–water partition coefficient (Wildman–Crippen LogP) is 1.09. The van der Waals surface area contributed by atoms with Crippen LogP contribution in [0.25, 0.3) is 10.9 Å². The van der Waals surface area contributed by atoms with Crippen LogP contribution < -0.4 is 5.56 Å². The van der Waals surface area contributed by atoms with Gasteiger partial charge in [0.15, 0.2) is 0 Å². The molecule has 0 radical (unpaired) electrons. The number of para-hydroxylation sites is 1.